The molecule has 0 saturated carbocycles. The van der Waals surface area contributed by atoms with Crippen LogP contribution in [0.3, 0.4) is 0 Å². The fourth-order valence-corrected chi connectivity index (χ4v) is 2.96. The van der Waals surface area contributed by atoms with Crippen molar-refractivity contribution in [1.82, 2.24) is 14.8 Å². The Morgan fingerprint density at radius 3 is 2.65 bits per heavy atom. The van der Waals surface area contributed by atoms with E-state index in [1.54, 1.807) is 0 Å². The van der Waals surface area contributed by atoms with Gasteiger partial charge < -0.3 is 9.15 Å². The van der Waals surface area contributed by atoms with Crippen LogP contribution in [0.25, 0.3) is 22.4 Å². The molecule has 0 radical (unpaired) electrons. The summed E-state index contributed by atoms with van der Waals surface area (Å²) in [6.07, 6.45) is -3.61. The van der Waals surface area contributed by atoms with Crippen LogP contribution >= 0.6 is 23.2 Å². The second kappa shape index (κ2) is 6.48. The zero-order chi connectivity index (χ0) is 19.2. The van der Waals surface area contributed by atoms with Crippen LogP contribution < -0.4 is 4.74 Å². The summed E-state index contributed by atoms with van der Waals surface area (Å²) in [7, 11) is 1.05. The molecule has 0 spiro atoms. The molecule has 0 bridgehead atoms. The van der Waals surface area contributed by atoms with E-state index < -0.39 is 28.4 Å². The fraction of sp³-hybridized carbons (Fsp3) is 0.200. The number of aromatic nitrogens is 3. The molecule has 0 aliphatic rings. The largest absolute Gasteiger partial charge is 0.446 e. The molecule has 11 heteroatoms. The zero-order valence-electron chi connectivity index (χ0n) is 13.0. The summed E-state index contributed by atoms with van der Waals surface area (Å²) in [5.74, 6) is -0.959. The smallest absolute Gasteiger partial charge is 0.434 e. The second-order valence-corrected chi connectivity index (χ2v) is 5.89. The molecule has 0 saturated heterocycles. The minimum atomic E-state index is -4.78. The number of ether oxygens (including phenoxy) is 1. The number of nitrogens with zero attached hydrogens (tertiary/aromatic N) is 3. The van der Waals surface area contributed by atoms with Crippen molar-refractivity contribution in [2.45, 2.75) is 6.18 Å². The van der Waals surface area contributed by atoms with Gasteiger partial charge in [-0.15, -0.1) is 0 Å². The van der Waals surface area contributed by atoms with Crippen molar-refractivity contribution in [1.29, 1.82) is 0 Å². The van der Waals surface area contributed by atoms with Gasteiger partial charge in [-0.1, -0.05) is 35.9 Å². The summed E-state index contributed by atoms with van der Waals surface area (Å²) in [5, 5.41) is 2.80. The Labute approximate surface area is 153 Å². The van der Waals surface area contributed by atoms with Gasteiger partial charge in [-0.3, -0.25) is 4.68 Å². The zero-order valence-corrected chi connectivity index (χ0v) is 14.5. The van der Waals surface area contributed by atoms with E-state index in [-0.39, 0.29) is 34.4 Å². The van der Waals surface area contributed by atoms with E-state index in [1.165, 1.54) is 6.08 Å². The molecule has 3 aromatic rings. The highest BCUT2D eigenvalue weighted by Crippen LogP contribution is 2.43. The predicted molar refractivity (Wildman–Crippen MR) is 86.9 cm³/mol. The fourth-order valence-electron chi connectivity index (χ4n) is 2.38. The SMILES string of the molecule is C=CCOc1nc2c(-c3nn(C)c(C(F)(F)F)c3Cl)c(F)cc(Cl)c2o1. The molecule has 1 aromatic carbocycles. The first kappa shape index (κ1) is 18.5. The van der Waals surface area contributed by atoms with Crippen LogP contribution in [-0.4, -0.2) is 21.4 Å². The maximum absolute atomic E-state index is 14.5. The number of hydrogen-bond donors (Lipinski definition) is 0. The third-order valence-electron chi connectivity index (χ3n) is 3.37. The second-order valence-electron chi connectivity index (χ2n) is 5.10. The van der Waals surface area contributed by atoms with E-state index in [0.717, 1.165) is 13.1 Å². The molecule has 0 aliphatic carbocycles. The Balaban J connectivity index is 2.29. The van der Waals surface area contributed by atoms with E-state index in [4.69, 9.17) is 32.4 Å². The Kier molecular flexibility index (Phi) is 4.61. The van der Waals surface area contributed by atoms with Crippen LogP contribution in [0.1, 0.15) is 5.69 Å². The maximum atomic E-state index is 14.5. The summed E-state index contributed by atoms with van der Waals surface area (Å²) in [6.45, 7) is 3.50. The molecule has 0 amide bonds. The Hall–Kier alpha value is -2.26. The molecular weight excluding hydrogens is 401 g/mol. The number of fused-ring (bicyclic) bond motifs is 1. The van der Waals surface area contributed by atoms with Gasteiger partial charge in [0.25, 0.3) is 0 Å². The normalized spacial score (nSPS) is 12.0. The first-order valence-electron chi connectivity index (χ1n) is 6.97. The minimum absolute atomic E-state index is 0.0464. The lowest BCUT2D eigenvalue weighted by Crippen LogP contribution is -2.12. The third-order valence-corrected chi connectivity index (χ3v) is 4.01. The lowest BCUT2D eigenvalue weighted by Gasteiger charge is -2.06. The number of rotatable bonds is 4. The summed E-state index contributed by atoms with van der Waals surface area (Å²) < 4.78 is 64.9. The van der Waals surface area contributed by atoms with Crippen molar-refractivity contribution < 1.29 is 26.7 Å². The summed E-state index contributed by atoms with van der Waals surface area (Å²) in [5.41, 5.74) is -2.27. The number of hydrogen-bond acceptors (Lipinski definition) is 4. The van der Waals surface area contributed by atoms with Gasteiger partial charge in [-0.25, -0.2) is 4.39 Å². The van der Waals surface area contributed by atoms with E-state index in [2.05, 4.69) is 16.7 Å². The van der Waals surface area contributed by atoms with E-state index in [9.17, 15) is 17.6 Å². The van der Waals surface area contributed by atoms with Crippen LogP contribution in [0.2, 0.25) is 10.0 Å². The Morgan fingerprint density at radius 2 is 2.08 bits per heavy atom. The molecule has 2 aromatic heterocycles. The molecule has 0 unspecified atom stereocenters. The molecule has 3 rings (SSSR count). The van der Waals surface area contributed by atoms with Crippen molar-refractivity contribution in [3.05, 3.63) is 40.3 Å². The van der Waals surface area contributed by atoms with Crippen LogP contribution in [0.15, 0.2) is 23.1 Å². The van der Waals surface area contributed by atoms with Crippen molar-refractivity contribution >= 4 is 34.3 Å². The minimum Gasteiger partial charge on any atom is -0.446 e. The average Bonchev–Trinajstić information content (AvgIpc) is 3.06. The summed E-state index contributed by atoms with van der Waals surface area (Å²) in [4.78, 5) is 3.94. The molecule has 0 atom stereocenters. The number of halogens is 6. The van der Waals surface area contributed by atoms with E-state index in [1.807, 2.05) is 0 Å². The van der Waals surface area contributed by atoms with Gasteiger partial charge in [0.15, 0.2) is 11.3 Å². The number of aryl methyl sites for hydroxylation is 1. The van der Waals surface area contributed by atoms with Crippen molar-refractivity contribution in [3.63, 3.8) is 0 Å². The number of benzene rings is 1. The first-order chi connectivity index (χ1) is 12.1. The topological polar surface area (TPSA) is 53.1 Å². The lowest BCUT2D eigenvalue weighted by atomic mass is 10.1. The first-order valence-corrected chi connectivity index (χ1v) is 7.73. The van der Waals surface area contributed by atoms with Gasteiger partial charge in [-0.2, -0.15) is 23.3 Å². The van der Waals surface area contributed by atoms with Crippen LogP contribution in [0, 0.1) is 5.82 Å². The van der Waals surface area contributed by atoms with Gasteiger partial charge in [0.1, 0.15) is 23.6 Å². The Bertz CT molecular complexity index is 1010. The molecular formula is C15H9Cl2F4N3O2. The van der Waals surface area contributed by atoms with E-state index >= 15 is 0 Å². The monoisotopic (exact) mass is 409 g/mol. The molecule has 0 aliphatic heterocycles. The molecule has 0 N–H and O–H groups in total. The predicted octanol–water partition coefficient (Wildman–Crippen LogP) is 5.26. The highest BCUT2D eigenvalue weighted by atomic mass is 35.5. The molecule has 26 heavy (non-hydrogen) atoms. The van der Waals surface area contributed by atoms with Gasteiger partial charge in [0, 0.05) is 7.05 Å². The maximum Gasteiger partial charge on any atom is 0.434 e. The van der Waals surface area contributed by atoms with Crippen LogP contribution in [-0.2, 0) is 13.2 Å². The van der Waals surface area contributed by atoms with E-state index in [0.29, 0.717) is 4.68 Å². The highest BCUT2D eigenvalue weighted by Gasteiger charge is 2.40. The standard InChI is InChI=1S/C15H9Cl2F4N3O2/c1-3-4-25-14-22-11-8(7(18)5-6(16)12(11)26-14)10-9(17)13(15(19,20)21)24(2)23-10/h3,5H,1,4H2,2H3. The Morgan fingerprint density at radius 1 is 1.38 bits per heavy atom. The lowest BCUT2D eigenvalue weighted by molar-refractivity contribution is -0.143. The molecule has 5 nitrogen and oxygen atoms in total. The summed E-state index contributed by atoms with van der Waals surface area (Å²) in [6, 6.07) is 0.875. The van der Waals surface area contributed by atoms with Gasteiger partial charge in [0.2, 0.25) is 0 Å². The quantitative estimate of drug-likeness (QED) is 0.435. The number of alkyl halides is 3. The molecule has 2 heterocycles. The van der Waals surface area contributed by atoms with Gasteiger partial charge in [-0.05, 0) is 6.07 Å². The average molecular weight is 410 g/mol. The van der Waals surface area contributed by atoms with Gasteiger partial charge in [0.05, 0.1) is 15.6 Å². The third kappa shape index (κ3) is 3.01. The van der Waals surface area contributed by atoms with Crippen LogP contribution in [0.4, 0.5) is 17.6 Å². The highest BCUT2D eigenvalue weighted by molar-refractivity contribution is 6.36. The van der Waals surface area contributed by atoms with Crippen LogP contribution in [0.5, 0.6) is 6.08 Å². The number of oxazole rings is 1. The molecule has 0 fully saturated rings. The molecule has 138 valence electrons. The van der Waals surface area contributed by atoms with Crippen molar-refractivity contribution in [3.8, 4) is 17.3 Å². The van der Waals surface area contributed by atoms with Crippen molar-refractivity contribution in [2.24, 2.45) is 7.05 Å². The van der Waals surface area contributed by atoms with Crippen molar-refractivity contribution in [2.75, 3.05) is 6.61 Å². The van der Waals surface area contributed by atoms with Gasteiger partial charge >= 0.3 is 12.3 Å². The summed E-state index contributed by atoms with van der Waals surface area (Å²) >= 11 is 11.8.